The minimum Gasteiger partial charge on any atom is -0.508 e. The molecule has 1 aromatic carbocycles. The summed E-state index contributed by atoms with van der Waals surface area (Å²) in [6.07, 6.45) is 3.41. The summed E-state index contributed by atoms with van der Waals surface area (Å²) in [6.45, 7) is 0.00169. The van der Waals surface area contributed by atoms with Crippen molar-refractivity contribution in [3.05, 3.63) is 51.0 Å². The molecule has 1 aromatic rings. The van der Waals surface area contributed by atoms with E-state index in [-0.39, 0.29) is 82.6 Å². The number of Topliss-reactive ketones (excluding diaryl/α,β-unsaturated/α-hetero) is 1. The van der Waals surface area contributed by atoms with Crippen LogP contribution in [-0.4, -0.2) is 65.2 Å². The van der Waals surface area contributed by atoms with Crippen LogP contribution in [0.5, 0.6) is 17.2 Å². The Morgan fingerprint density at radius 2 is 1.74 bits per heavy atom. The molecule has 4 aliphatic rings. The fraction of sp³-hybridized carbons (Fsp3) is 0.393. The second kappa shape index (κ2) is 10.1. The molecule has 5 rings (SSSR count). The van der Waals surface area contributed by atoms with Gasteiger partial charge in [0.25, 0.3) is 0 Å². The molecule has 2 N–H and O–H groups in total. The molecule has 0 spiro atoms. The number of allylic oxidation sites excluding steroid dienone is 6. The third-order valence-corrected chi connectivity index (χ3v) is 8.60. The number of hydrogen-bond acceptors (Lipinski definition) is 8. The molecule has 10 nitrogen and oxygen atoms in total. The quantitative estimate of drug-likeness (QED) is 0.274. The summed E-state index contributed by atoms with van der Waals surface area (Å²) in [4.78, 5) is 65.8. The number of halogens is 1. The molecule has 1 heterocycles. The number of carbonyl (C=O) groups excluding carboxylic acids is 4. The van der Waals surface area contributed by atoms with E-state index in [0.717, 1.165) is 4.90 Å². The third kappa shape index (κ3) is 4.28. The van der Waals surface area contributed by atoms with Crippen LogP contribution in [0.15, 0.2) is 45.5 Å². The molecular formula is C28H26BrNO9. The lowest BCUT2D eigenvalue weighted by Gasteiger charge is -2.42. The van der Waals surface area contributed by atoms with Crippen LogP contribution in [0.4, 0.5) is 0 Å². The summed E-state index contributed by atoms with van der Waals surface area (Å²) in [5.41, 5.74) is 1.64. The Bertz CT molecular complexity index is 1400. The van der Waals surface area contributed by atoms with Gasteiger partial charge in [-0.3, -0.25) is 28.9 Å². The molecule has 1 fully saturated rings. The summed E-state index contributed by atoms with van der Waals surface area (Å²) < 4.78 is 11.3. The van der Waals surface area contributed by atoms with Gasteiger partial charge in [-0.15, -0.1) is 0 Å². The lowest BCUT2D eigenvalue weighted by atomic mass is 9.59. The van der Waals surface area contributed by atoms with Gasteiger partial charge in [-0.25, -0.2) is 0 Å². The lowest BCUT2D eigenvalue weighted by Crippen LogP contribution is -2.40. The molecule has 39 heavy (non-hydrogen) atoms. The molecule has 1 aliphatic heterocycles. The van der Waals surface area contributed by atoms with E-state index in [9.17, 15) is 29.1 Å². The Labute approximate surface area is 232 Å². The molecule has 2 amide bonds. The van der Waals surface area contributed by atoms with Gasteiger partial charge in [0.2, 0.25) is 11.8 Å². The fourth-order valence-electron chi connectivity index (χ4n) is 6.42. The second-order valence-electron chi connectivity index (χ2n) is 9.98. The number of carboxylic acids is 1. The first-order valence-electron chi connectivity index (χ1n) is 12.5. The van der Waals surface area contributed by atoms with Gasteiger partial charge in [0.1, 0.15) is 17.2 Å². The van der Waals surface area contributed by atoms with Crippen LogP contribution in [0.1, 0.15) is 37.2 Å². The largest absolute Gasteiger partial charge is 0.508 e. The van der Waals surface area contributed by atoms with Crippen molar-refractivity contribution >= 4 is 45.3 Å². The van der Waals surface area contributed by atoms with Crippen molar-refractivity contribution in [1.82, 2.24) is 4.90 Å². The number of carbonyl (C=O) groups is 5. The van der Waals surface area contributed by atoms with Crippen LogP contribution in [0.3, 0.4) is 0 Å². The van der Waals surface area contributed by atoms with Crippen LogP contribution in [-0.2, 0) is 24.0 Å². The zero-order valence-electron chi connectivity index (χ0n) is 21.2. The minimum atomic E-state index is -1.01. The molecule has 11 heteroatoms. The number of fused-ring (bicyclic) bond motifs is 3. The molecule has 4 atom stereocenters. The maximum absolute atomic E-state index is 13.6. The number of phenols is 1. The first-order valence-corrected chi connectivity index (χ1v) is 13.3. The van der Waals surface area contributed by atoms with E-state index in [4.69, 9.17) is 14.6 Å². The highest BCUT2D eigenvalue weighted by Crippen LogP contribution is 2.58. The number of ketones is 2. The Morgan fingerprint density at radius 1 is 1.08 bits per heavy atom. The zero-order valence-corrected chi connectivity index (χ0v) is 22.8. The zero-order chi connectivity index (χ0) is 28.2. The summed E-state index contributed by atoms with van der Waals surface area (Å²) in [5, 5.41) is 19.2. The summed E-state index contributed by atoms with van der Waals surface area (Å²) >= 11 is 3.20. The number of amides is 2. The van der Waals surface area contributed by atoms with Crippen molar-refractivity contribution in [1.29, 1.82) is 0 Å². The molecule has 204 valence electrons. The van der Waals surface area contributed by atoms with Crippen molar-refractivity contribution in [3.8, 4) is 17.2 Å². The number of nitrogens with zero attached hydrogens (tertiary/aromatic N) is 1. The lowest BCUT2D eigenvalue weighted by molar-refractivity contribution is -0.142. The number of phenolic OH excluding ortho intramolecular Hbond substituents is 1. The topological polar surface area (TPSA) is 148 Å². The highest BCUT2D eigenvalue weighted by atomic mass is 79.9. The molecule has 0 bridgehead atoms. The molecule has 0 aromatic heterocycles. The average molecular weight is 600 g/mol. The van der Waals surface area contributed by atoms with Gasteiger partial charge in [0, 0.05) is 53.8 Å². The van der Waals surface area contributed by atoms with E-state index in [2.05, 4.69) is 15.9 Å². The van der Waals surface area contributed by atoms with Crippen molar-refractivity contribution in [2.75, 3.05) is 20.8 Å². The fourth-order valence-corrected chi connectivity index (χ4v) is 6.87. The van der Waals surface area contributed by atoms with E-state index < -0.39 is 35.5 Å². The first kappa shape index (κ1) is 26.9. The van der Waals surface area contributed by atoms with Gasteiger partial charge >= 0.3 is 5.97 Å². The predicted molar refractivity (Wildman–Crippen MR) is 139 cm³/mol. The van der Waals surface area contributed by atoms with Gasteiger partial charge in [0.05, 0.1) is 30.5 Å². The number of carboxylic acid groups (broad SMARTS) is 1. The Morgan fingerprint density at radius 3 is 2.36 bits per heavy atom. The number of aromatic hydroxyl groups is 1. The third-order valence-electron chi connectivity index (χ3n) is 8.01. The Balaban J connectivity index is 1.65. The molecular weight excluding hydrogens is 574 g/mol. The highest BCUT2D eigenvalue weighted by molar-refractivity contribution is 9.12. The van der Waals surface area contributed by atoms with Crippen molar-refractivity contribution in [3.63, 3.8) is 0 Å². The molecule has 1 saturated heterocycles. The summed E-state index contributed by atoms with van der Waals surface area (Å²) in [5.74, 6) is -4.93. The average Bonchev–Trinajstić information content (AvgIpc) is 3.14. The van der Waals surface area contributed by atoms with Crippen molar-refractivity contribution in [2.45, 2.75) is 31.6 Å². The standard InChI is InChI=1S/C28H26BrNO9/c1-38-19-8-12(31)9-20(39-2)25(19)24-13-5-6-14-22(28(37)30(27(14)36)7-3-4-21(33)34)15(13)10-16-23(24)18(32)11-17(29)26(16)35/h5,8-9,11,14-15,22,24,31H,3-4,6-7,10H2,1-2H3,(H,33,34)/t14-,15+,22-,24-/m0/s1. The Kier molecular flexibility index (Phi) is 6.96. The minimum absolute atomic E-state index is 0.00169. The number of imide groups is 1. The van der Waals surface area contributed by atoms with E-state index >= 15 is 0 Å². The maximum atomic E-state index is 13.6. The van der Waals surface area contributed by atoms with Gasteiger partial charge in [0.15, 0.2) is 11.6 Å². The highest BCUT2D eigenvalue weighted by Gasteiger charge is 2.56. The van der Waals surface area contributed by atoms with Crippen LogP contribution >= 0.6 is 15.9 Å². The predicted octanol–water partition coefficient (Wildman–Crippen LogP) is 3.04. The van der Waals surface area contributed by atoms with E-state index in [0.29, 0.717) is 11.1 Å². The SMILES string of the molecule is COc1cc(O)cc(OC)c1[C@H]1C2=CC[C@@H]3C(=O)N(CCCC(=O)O)C(=O)[C@@H]3[C@@H]2CC2=C1C(=O)C=C(Br)C2=O. The van der Waals surface area contributed by atoms with Crippen LogP contribution in [0.2, 0.25) is 0 Å². The van der Waals surface area contributed by atoms with Crippen LogP contribution < -0.4 is 9.47 Å². The van der Waals surface area contributed by atoms with E-state index in [1.807, 2.05) is 6.08 Å². The van der Waals surface area contributed by atoms with Gasteiger partial charge in [-0.05, 0) is 41.1 Å². The van der Waals surface area contributed by atoms with Gasteiger partial charge in [-0.2, -0.15) is 0 Å². The second-order valence-corrected chi connectivity index (χ2v) is 10.8. The van der Waals surface area contributed by atoms with E-state index in [1.54, 1.807) is 0 Å². The number of methoxy groups -OCH3 is 2. The number of aliphatic carboxylic acids is 1. The van der Waals surface area contributed by atoms with Crippen LogP contribution in [0, 0.1) is 17.8 Å². The number of benzene rings is 1. The number of likely N-dealkylation sites (tertiary alicyclic amines) is 1. The monoisotopic (exact) mass is 599 g/mol. The summed E-state index contributed by atoms with van der Waals surface area (Å²) in [6, 6.07) is 2.78. The van der Waals surface area contributed by atoms with Gasteiger partial charge < -0.3 is 19.7 Å². The van der Waals surface area contributed by atoms with Crippen molar-refractivity contribution < 1.29 is 43.7 Å². The molecule has 3 aliphatic carbocycles. The molecule has 0 unspecified atom stereocenters. The normalized spacial score (nSPS) is 26.1. The first-order chi connectivity index (χ1) is 18.6. The number of ether oxygens (including phenoxy) is 2. The summed E-state index contributed by atoms with van der Waals surface area (Å²) in [7, 11) is 2.83. The molecule has 0 saturated carbocycles. The van der Waals surface area contributed by atoms with Gasteiger partial charge in [-0.1, -0.05) is 11.6 Å². The molecule has 0 radical (unpaired) electrons. The smallest absolute Gasteiger partial charge is 0.303 e. The number of rotatable bonds is 7. The van der Waals surface area contributed by atoms with E-state index in [1.165, 1.54) is 32.4 Å². The Hall–Kier alpha value is -3.73. The number of hydrogen-bond donors (Lipinski definition) is 2. The van der Waals surface area contributed by atoms with Crippen LogP contribution in [0.25, 0.3) is 0 Å². The maximum Gasteiger partial charge on any atom is 0.303 e. The van der Waals surface area contributed by atoms with Crippen molar-refractivity contribution in [2.24, 2.45) is 17.8 Å².